The van der Waals surface area contributed by atoms with Crippen molar-refractivity contribution in [2.24, 2.45) is 11.3 Å². The molecule has 162 valence electrons. The molecule has 1 heterocycles. The summed E-state index contributed by atoms with van der Waals surface area (Å²) in [6.07, 6.45) is 1.81. The van der Waals surface area contributed by atoms with Crippen LogP contribution in [0.4, 0.5) is 4.79 Å². The second-order valence-corrected chi connectivity index (χ2v) is 10.3. The lowest BCUT2D eigenvalue weighted by Gasteiger charge is -2.33. The first-order valence-corrected chi connectivity index (χ1v) is 10.6. The molecule has 2 rings (SSSR count). The molecule has 0 saturated carbocycles. The van der Waals surface area contributed by atoms with Gasteiger partial charge in [0, 0.05) is 27.9 Å². The molecule has 1 aromatic carbocycles. The van der Waals surface area contributed by atoms with Gasteiger partial charge in [0.05, 0.1) is 12.0 Å². The summed E-state index contributed by atoms with van der Waals surface area (Å²) in [5.41, 5.74) is -1.10. The fraction of sp³-hybridized carbons (Fsp3) is 0.478. The van der Waals surface area contributed by atoms with Crippen LogP contribution in [-0.4, -0.2) is 40.1 Å². The van der Waals surface area contributed by atoms with Crippen molar-refractivity contribution in [2.45, 2.75) is 59.6 Å². The summed E-state index contributed by atoms with van der Waals surface area (Å²) in [6.45, 7) is 10.4. The van der Waals surface area contributed by atoms with Gasteiger partial charge in [-0.15, -0.1) is 0 Å². The fourth-order valence-electron chi connectivity index (χ4n) is 3.21. The highest BCUT2D eigenvalue weighted by Gasteiger charge is 2.45. The van der Waals surface area contributed by atoms with E-state index in [1.54, 1.807) is 65.8 Å². The van der Waals surface area contributed by atoms with Crippen molar-refractivity contribution in [1.29, 1.82) is 0 Å². The first kappa shape index (κ1) is 24.0. The van der Waals surface area contributed by atoms with Gasteiger partial charge in [-0.3, -0.25) is 14.4 Å². The number of amides is 2. The van der Waals surface area contributed by atoms with Crippen molar-refractivity contribution in [1.82, 2.24) is 4.90 Å². The van der Waals surface area contributed by atoms with Gasteiger partial charge >= 0.3 is 6.09 Å². The van der Waals surface area contributed by atoms with Gasteiger partial charge in [0.15, 0.2) is 5.78 Å². The van der Waals surface area contributed by atoms with Gasteiger partial charge in [-0.2, -0.15) is 0 Å². The molecule has 6 nitrogen and oxygen atoms in total. The molecule has 2 amide bonds. The Kier molecular flexibility index (Phi) is 7.07. The molecule has 0 unspecified atom stereocenters. The topological polar surface area (TPSA) is 80.8 Å². The second-order valence-electron chi connectivity index (χ2n) is 9.39. The number of carbonyl (C=O) groups is 4. The van der Waals surface area contributed by atoms with E-state index in [1.165, 1.54) is 12.2 Å². The fourth-order valence-corrected chi connectivity index (χ4v) is 3.47. The Hall–Kier alpha value is -2.28. The normalized spacial score (nSPS) is 17.8. The molecule has 1 aliphatic rings. The Bertz CT molecular complexity index is 874. The van der Waals surface area contributed by atoms with Crippen LogP contribution >= 0.6 is 15.9 Å². The SMILES string of the molecule is CC(C)(C)OC(=O)N1C(=O)C=C[C@H]1[C@H](CC(=O)c1ccc(Br)cc1)C(=O)C(C)(C)C. The number of imide groups is 1. The molecule has 0 N–H and O–H groups in total. The van der Waals surface area contributed by atoms with E-state index in [4.69, 9.17) is 4.74 Å². The van der Waals surface area contributed by atoms with Crippen LogP contribution in [0.3, 0.4) is 0 Å². The number of hydrogen-bond donors (Lipinski definition) is 0. The predicted octanol–water partition coefficient (Wildman–Crippen LogP) is 4.96. The number of Topliss-reactive ketones (excluding diaryl/α,β-unsaturated/α-hetero) is 2. The average Bonchev–Trinajstić information content (AvgIpc) is 2.98. The highest BCUT2D eigenvalue weighted by Crippen LogP contribution is 2.32. The number of ether oxygens (including phenoxy) is 1. The Labute approximate surface area is 185 Å². The molecule has 0 aliphatic carbocycles. The van der Waals surface area contributed by atoms with Crippen LogP contribution in [0.25, 0.3) is 0 Å². The standard InChI is InChI=1S/C23H28BrNO5/c1-22(2,3)20(28)16(13-18(26)14-7-9-15(24)10-8-14)17-11-12-19(27)25(17)21(29)30-23(4,5)6/h7-12,16-17H,13H2,1-6H3/t16-,17-/m0/s1. The Morgan fingerprint density at radius 3 is 2.13 bits per heavy atom. The zero-order valence-electron chi connectivity index (χ0n) is 18.2. The van der Waals surface area contributed by atoms with Crippen LogP contribution in [0.2, 0.25) is 0 Å². The summed E-state index contributed by atoms with van der Waals surface area (Å²) in [4.78, 5) is 52.2. The van der Waals surface area contributed by atoms with Gasteiger partial charge in [0.1, 0.15) is 11.4 Å². The quantitative estimate of drug-likeness (QED) is 0.560. The maximum absolute atomic E-state index is 13.2. The van der Waals surface area contributed by atoms with E-state index in [0.29, 0.717) is 5.56 Å². The molecule has 0 saturated heterocycles. The highest BCUT2D eigenvalue weighted by atomic mass is 79.9. The zero-order valence-corrected chi connectivity index (χ0v) is 19.8. The third kappa shape index (κ3) is 5.88. The molecule has 0 spiro atoms. The van der Waals surface area contributed by atoms with Crippen LogP contribution in [0.15, 0.2) is 40.9 Å². The van der Waals surface area contributed by atoms with Crippen molar-refractivity contribution in [3.05, 3.63) is 46.5 Å². The summed E-state index contributed by atoms with van der Waals surface area (Å²) in [5.74, 6) is -1.87. The number of benzene rings is 1. The smallest absolute Gasteiger partial charge is 0.417 e. The number of rotatable bonds is 5. The number of ketones is 2. The number of carbonyl (C=O) groups excluding carboxylic acids is 4. The molecule has 30 heavy (non-hydrogen) atoms. The van der Waals surface area contributed by atoms with Gasteiger partial charge in [0.25, 0.3) is 5.91 Å². The lowest BCUT2D eigenvalue weighted by atomic mass is 9.77. The van der Waals surface area contributed by atoms with Crippen molar-refractivity contribution in [3.63, 3.8) is 0 Å². The first-order valence-electron chi connectivity index (χ1n) is 9.78. The van der Waals surface area contributed by atoms with Crippen LogP contribution < -0.4 is 0 Å². The van der Waals surface area contributed by atoms with Gasteiger partial charge < -0.3 is 4.74 Å². The molecule has 0 bridgehead atoms. The van der Waals surface area contributed by atoms with Crippen LogP contribution in [0.1, 0.15) is 58.3 Å². The van der Waals surface area contributed by atoms with Gasteiger partial charge in [-0.1, -0.05) is 54.9 Å². The zero-order chi connectivity index (χ0) is 22.9. The minimum atomic E-state index is -0.878. The van der Waals surface area contributed by atoms with E-state index in [1.807, 2.05) is 0 Å². The molecule has 0 aromatic heterocycles. The molecular weight excluding hydrogens is 450 g/mol. The molecular formula is C23H28BrNO5. The van der Waals surface area contributed by atoms with E-state index in [0.717, 1.165) is 9.37 Å². The lowest BCUT2D eigenvalue weighted by Crippen LogP contribution is -2.49. The average molecular weight is 478 g/mol. The van der Waals surface area contributed by atoms with Crippen LogP contribution in [-0.2, 0) is 14.3 Å². The minimum absolute atomic E-state index is 0.126. The molecule has 1 aromatic rings. The molecule has 0 fully saturated rings. The van der Waals surface area contributed by atoms with Crippen LogP contribution in [0, 0.1) is 11.3 Å². The van der Waals surface area contributed by atoms with E-state index in [9.17, 15) is 19.2 Å². The third-order valence-corrected chi connectivity index (χ3v) is 5.15. The van der Waals surface area contributed by atoms with Crippen LogP contribution in [0.5, 0.6) is 0 Å². The molecule has 7 heteroatoms. The minimum Gasteiger partial charge on any atom is -0.443 e. The molecule has 1 aliphatic heterocycles. The highest BCUT2D eigenvalue weighted by molar-refractivity contribution is 9.10. The van der Waals surface area contributed by atoms with Crippen molar-refractivity contribution in [3.8, 4) is 0 Å². The summed E-state index contributed by atoms with van der Waals surface area (Å²) in [5, 5.41) is 0. The Morgan fingerprint density at radius 2 is 1.63 bits per heavy atom. The van der Waals surface area contributed by atoms with Crippen molar-refractivity contribution >= 4 is 39.5 Å². The summed E-state index contributed by atoms with van der Waals surface area (Å²) >= 11 is 3.33. The number of hydrogen-bond acceptors (Lipinski definition) is 5. The predicted molar refractivity (Wildman–Crippen MR) is 117 cm³/mol. The second kappa shape index (κ2) is 8.84. The lowest BCUT2D eigenvalue weighted by molar-refractivity contribution is -0.133. The monoisotopic (exact) mass is 477 g/mol. The number of halogens is 1. The number of nitrogens with zero attached hydrogens (tertiary/aromatic N) is 1. The molecule has 2 atom stereocenters. The largest absolute Gasteiger partial charge is 0.443 e. The van der Waals surface area contributed by atoms with E-state index in [-0.39, 0.29) is 18.0 Å². The summed E-state index contributed by atoms with van der Waals surface area (Å²) < 4.78 is 6.20. The maximum Gasteiger partial charge on any atom is 0.417 e. The third-order valence-electron chi connectivity index (χ3n) is 4.62. The van der Waals surface area contributed by atoms with Crippen molar-refractivity contribution < 1.29 is 23.9 Å². The maximum atomic E-state index is 13.2. The van der Waals surface area contributed by atoms with Gasteiger partial charge in [-0.25, -0.2) is 9.69 Å². The summed E-state index contributed by atoms with van der Waals surface area (Å²) in [7, 11) is 0. The first-order chi connectivity index (χ1) is 13.7. The van der Waals surface area contributed by atoms with E-state index < -0.39 is 35.0 Å². The summed E-state index contributed by atoms with van der Waals surface area (Å²) in [6, 6.07) is 5.97. The van der Waals surface area contributed by atoms with Gasteiger partial charge in [-0.05, 0) is 32.9 Å². The molecule has 0 radical (unpaired) electrons. The van der Waals surface area contributed by atoms with Gasteiger partial charge in [0.2, 0.25) is 0 Å². The van der Waals surface area contributed by atoms with Crippen molar-refractivity contribution in [2.75, 3.05) is 0 Å². The van der Waals surface area contributed by atoms with E-state index in [2.05, 4.69) is 15.9 Å². The Balaban J connectivity index is 2.38. The van der Waals surface area contributed by atoms with E-state index >= 15 is 0 Å². The Morgan fingerprint density at radius 1 is 1.07 bits per heavy atom.